The smallest absolute Gasteiger partial charge is 0.251 e. The standard InChI is InChI=1S/C14H18N2O2S/c1-7-6-9(7)13(18)16-14-11(12(15)17)8-4-2-3-5-10(8)19-14/h7,9H,2-6H2,1H3,(H2,15,17)(H,16,18)/t7-,9+/m0/s1. The number of rotatable bonds is 3. The van der Waals surface area contributed by atoms with Crippen molar-refractivity contribution in [3.63, 3.8) is 0 Å². The van der Waals surface area contributed by atoms with Crippen molar-refractivity contribution in [2.24, 2.45) is 17.6 Å². The lowest BCUT2D eigenvalue weighted by Gasteiger charge is -2.11. The molecule has 2 aliphatic carbocycles. The Balaban J connectivity index is 1.89. The first-order valence-corrected chi connectivity index (χ1v) is 7.64. The Morgan fingerprint density at radius 1 is 1.32 bits per heavy atom. The third-order valence-corrected chi connectivity index (χ3v) is 5.31. The van der Waals surface area contributed by atoms with Crippen molar-refractivity contribution < 1.29 is 9.59 Å². The van der Waals surface area contributed by atoms with Gasteiger partial charge in [-0.2, -0.15) is 0 Å². The van der Waals surface area contributed by atoms with Crippen LogP contribution in [0.4, 0.5) is 5.00 Å². The fourth-order valence-electron chi connectivity index (χ4n) is 2.81. The summed E-state index contributed by atoms with van der Waals surface area (Å²) in [6.45, 7) is 2.07. The van der Waals surface area contributed by atoms with Gasteiger partial charge in [0.05, 0.1) is 5.56 Å². The Bertz CT molecular complexity index is 550. The molecular weight excluding hydrogens is 260 g/mol. The molecule has 0 saturated heterocycles. The van der Waals surface area contributed by atoms with E-state index in [0.29, 0.717) is 16.5 Å². The molecule has 3 N–H and O–H groups in total. The van der Waals surface area contributed by atoms with Gasteiger partial charge in [-0.25, -0.2) is 0 Å². The van der Waals surface area contributed by atoms with E-state index in [0.717, 1.165) is 37.7 Å². The van der Waals surface area contributed by atoms with Crippen LogP contribution in [-0.2, 0) is 17.6 Å². The van der Waals surface area contributed by atoms with E-state index in [-0.39, 0.29) is 11.8 Å². The van der Waals surface area contributed by atoms with E-state index in [2.05, 4.69) is 12.2 Å². The van der Waals surface area contributed by atoms with Crippen LogP contribution in [0, 0.1) is 11.8 Å². The van der Waals surface area contributed by atoms with Crippen LogP contribution >= 0.6 is 11.3 Å². The van der Waals surface area contributed by atoms with Crippen LogP contribution in [0.25, 0.3) is 0 Å². The minimum atomic E-state index is -0.418. The normalized spacial score (nSPS) is 24.7. The van der Waals surface area contributed by atoms with Crippen LogP contribution in [0.1, 0.15) is 47.0 Å². The van der Waals surface area contributed by atoms with Crippen molar-refractivity contribution in [1.82, 2.24) is 0 Å². The summed E-state index contributed by atoms with van der Waals surface area (Å²) >= 11 is 1.53. The molecule has 0 spiro atoms. The summed E-state index contributed by atoms with van der Waals surface area (Å²) < 4.78 is 0. The number of thiophene rings is 1. The minimum absolute atomic E-state index is 0.0357. The van der Waals surface area contributed by atoms with E-state index in [9.17, 15) is 9.59 Å². The molecule has 3 rings (SSSR count). The first kappa shape index (κ1) is 12.7. The maximum atomic E-state index is 12.0. The molecule has 2 aliphatic rings. The minimum Gasteiger partial charge on any atom is -0.365 e. The molecule has 2 atom stereocenters. The summed E-state index contributed by atoms with van der Waals surface area (Å²) in [6, 6.07) is 0. The van der Waals surface area contributed by atoms with Crippen molar-refractivity contribution in [3.05, 3.63) is 16.0 Å². The molecular formula is C14H18N2O2S. The van der Waals surface area contributed by atoms with E-state index in [1.165, 1.54) is 16.2 Å². The van der Waals surface area contributed by atoms with Gasteiger partial charge in [0.25, 0.3) is 5.91 Å². The van der Waals surface area contributed by atoms with Gasteiger partial charge in [-0.15, -0.1) is 11.3 Å². The number of anilines is 1. The molecule has 0 aromatic carbocycles. The molecule has 1 fully saturated rings. The number of hydrogen-bond donors (Lipinski definition) is 2. The van der Waals surface area contributed by atoms with E-state index in [4.69, 9.17) is 5.73 Å². The van der Waals surface area contributed by atoms with Gasteiger partial charge in [0.1, 0.15) is 5.00 Å². The van der Waals surface area contributed by atoms with Crippen molar-refractivity contribution >= 4 is 28.2 Å². The Morgan fingerprint density at radius 2 is 2.00 bits per heavy atom. The third-order valence-electron chi connectivity index (χ3n) is 4.10. The van der Waals surface area contributed by atoms with Gasteiger partial charge in [-0.1, -0.05) is 6.92 Å². The summed E-state index contributed by atoms with van der Waals surface area (Å²) in [6.07, 6.45) is 5.09. The predicted octanol–water partition coefficient (Wildman–Crippen LogP) is 2.32. The topological polar surface area (TPSA) is 72.2 Å². The molecule has 19 heavy (non-hydrogen) atoms. The zero-order valence-electron chi connectivity index (χ0n) is 11.0. The van der Waals surface area contributed by atoms with Crippen LogP contribution in [0.5, 0.6) is 0 Å². The Hall–Kier alpha value is -1.36. The quantitative estimate of drug-likeness (QED) is 0.890. The van der Waals surface area contributed by atoms with Gasteiger partial charge >= 0.3 is 0 Å². The van der Waals surface area contributed by atoms with E-state index < -0.39 is 5.91 Å². The Kier molecular flexibility index (Phi) is 3.09. The zero-order valence-corrected chi connectivity index (χ0v) is 11.8. The van der Waals surface area contributed by atoms with Gasteiger partial charge < -0.3 is 11.1 Å². The Labute approximate surface area is 116 Å². The van der Waals surface area contributed by atoms with E-state index in [1.54, 1.807) is 0 Å². The van der Waals surface area contributed by atoms with Crippen LogP contribution in [0.15, 0.2) is 0 Å². The van der Waals surface area contributed by atoms with Gasteiger partial charge in [-0.3, -0.25) is 9.59 Å². The molecule has 1 aromatic heterocycles. The summed E-state index contributed by atoms with van der Waals surface area (Å²) in [5, 5.41) is 3.59. The number of aryl methyl sites for hydroxylation is 1. The highest BCUT2D eigenvalue weighted by atomic mass is 32.1. The van der Waals surface area contributed by atoms with E-state index in [1.807, 2.05) is 0 Å². The number of amides is 2. The Morgan fingerprint density at radius 3 is 2.63 bits per heavy atom. The molecule has 0 bridgehead atoms. The van der Waals surface area contributed by atoms with Crippen molar-refractivity contribution in [2.45, 2.75) is 39.0 Å². The molecule has 5 heteroatoms. The summed E-state index contributed by atoms with van der Waals surface area (Å²) in [4.78, 5) is 24.9. The second-order valence-electron chi connectivity index (χ2n) is 5.59. The van der Waals surface area contributed by atoms with Crippen LogP contribution in [-0.4, -0.2) is 11.8 Å². The van der Waals surface area contributed by atoms with Gasteiger partial charge in [0, 0.05) is 10.8 Å². The van der Waals surface area contributed by atoms with Crippen LogP contribution in [0.2, 0.25) is 0 Å². The largest absolute Gasteiger partial charge is 0.365 e. The zero-order chi connectivity index (χ0) is 13.6. The summed E-state index contributed by atoms with van der Waals surface area (Å²) in [7, 11) is 0. The summed E-state index contributed by atoms with van der Waals surface area (Å²) in [5.41, 5.74) is 7.12. The molecule has 2 amide bonds. The van der Waals surface area contributed by atoms with Crippen LogP contribution < -0.4 is 11.1 Å². The average Bonchev–Trinajstić information content (AvgIpc) is 2.98. The van der Waals surface area contributed by atoms with Crippen LogP contribution in [0.3, 0.4) is 0 Å². The second-order valence-corrected chi connectivity index (χ2v) is 6.69. The van der Waals surface area contributed by atoms with Gasteiger partial charge in [-0.05, 0) is 43.6 Å². The SMILES string of the molecule is C[C@H]1C[C@H]1C(=O)Nc1sc2c(c1C(N)=O)CCCC2. The molecule has 4 nitrogen and oxygen atoms in total. The summed E-state index contributed by atoms with van der Waals surface area (Å²) in [5.74, 6) is 0.193. The number of carbonyl (C=O) groups excluding carboxylic acids is 2. The lowest BCUT2D eigenvalue weighted by Crippen LogP contribution is -2.19. The average molecular weight is 278 g/mol. The number of fused-ring (bicyclic) bond motifs is 1. The number of carbonyl (C=O) groups is 2. The number of nitrogens with two attached hydrogens (primary N) is 1. The maximum absolute atomic E-state index is 12.0. The highest BCUT2D eigenvalue weighted by Crippen LogP contribution is 2.41. The van der Waals surface area contributed by atoms with Gasteiger partial charge in [0.2, 0.25) is 5.91 Å². The molecule has 0 radical (unpaired) electrons. The lowest BCUT2D eigenvalue weighted by atomic mass is 9.95. The first-order chi connectivity index (χ1) is 9.08. The predicted molar refractivity (Wildman–Crippen MR) is 75.4 cm³/mol. The fraction of sp³-hybridized carbons (Fsp3) is 0.571. The highest BCUT2D eigenvalue weighted by molar-refractivity contribution is 7.17. The molecule has 1 aromatic rings. The van der Waals surface area contributed by atoms with Crippen molar-refractivity contribution in [3.8, 4) is 0 Å². The molecule has 102 valence electrons. The van der Waals surface area contributed by atoms with Crippen molar-refractivity contribution in [1.29, 1.82) is 0 Å². The number of primary amides is 1. The number of nitrogens with one attached hydrogen (secondary N) is 1. The number of hydrogen-bond acceptors (Lipinski definition) is 3. The van der Waals surface area contributed by atoms with E-state index >= 15 is 0 Å². The van der Waals surface area contributed by atoms with Crippen molar-refractivity contribution in [2.75, 3.05) is 5.32 Å². The fourth-order valence-corrected chi connectivity index (χ4v) is 4.10. The highest BCUT2D eigenvalue weighted by Gasteiger charge is 2.39. The second kappa shape index (κ2) is 4.63. The molecule has 0 unspecified atom stereocenters. The lowest BCUT2D eigenvalue weighted by molar-refractivity contribution is -0.117. The first-order valence-electron chi connectivity index (χ1n) is 6.83. The molecule has 0 aliphatic heterocycles. The van der Waals surface area contributed by atoms with Gasteiger partial charge in [0.15, 0.2) is 0 Å². The maximum Gasteiger partial charge on any atom is 0.251 e. The monoisotopic (exact) mass is 278 g/mol. The molecule has 1 saturated carbocycles. The molecule has 1 heterocycles. The third kappa shape index (κ3) is 2.27.